The average Bonchev–Trinajstić information content (AvgIpc) is 2.57. The lowest BCUT2D eigenvalue weighted by Crippen LogP contribution is -2.14. The van der Waals surface area contributed by atoms with Crippen molar-refractivity contribution in [1.29, 1.82) is 0 Å². The predicted octanol–water partition coefficient (Wildman–Crippen LogP) is 2.74. The fraction of sp³-hybridized carbons (Fsp3) is 1.00. The second kappa shape index (κ2) is 2.48. The van der Waals surface area contributed by atoms with Crippen molar-refractivity contribution in [2.24, 2.45) is 5.41 Å². The van der Waals surface area contributed by atoms with Crippen LogP contribution in [-0.4, -0.2) is 12.2 Å². The van der Waals surface area contributed by atoms with E-state index in [0.717, 1.165) is 0 Å². The van der Waals surface area contributed by atoms with Gasteiger partial charge in [0.05, 0.1) is 12.2 Å². The van der Waals surface area contributed by atoms with Crippen LogP contribution in [0.1, 0.15) is 46.0 Å². The predicted molar refractivity (Wildman–Crippen MR) is 45.5 cm³/mol. The normalized spacial score (nSPS) is 47.5. The Labute approximate surface area is 69.1 Å². The fourth-order valence-corrected chi connectivity index (χ4v) is 2.40. The third-order valence-electron chi connectivity index (χ3n) is 3.21. The smallest absolute Gasteiger partial charge is 0.0847 e. The van der Waals surface area contributed by atoms with E-state index in [9.17, 15) is 0 Å². The molecule has 0 aromatic rings. The number of epoxide rings is 1. The van der Waals surface area contributed by atoms with E-state index < -0.39 is 0 Å². The highest BCUT2D eigenvalue weighted by molar-refractivity contribution is 5.01. The standard InChI is InChI=1S/C10H18O/c1-3-4-5-10(2)6-8-9(7-10)11-8/h8-9H,3-7H2,1-2H3. The van der Waals surface area contributed by atoms with Gasteiger partial charge in [0.1, 0.15) is 0 Å². The van der Waals surface area contributed by atoms with Gasteiger partial charge in [-0.15, -0.1) is 0 Å². The molecule has 0 aromatic heterocycles. The quantitative estimate of drug-likeness (QED) is 0.569. The van der Waals surface area contributed by atoms with Gasteiger partial charge in [-0.25, -0.2) is 0 Å². The van der Waals surface area contributed by atoms with Gasteiger partial charge in [0.25, 0.3) is 0 Å². The van der Waals surface area contributed by atoms with Gasteiger partial charge in [-0.05, 0) is 24.7 Å². The molecule has 1 heterocycles. The molecule has 1 aliphatic carbocycles. The molecule has 0 aromatic carbocycles. The molecule has 0 amide bonds. The van der Waals surface area contributed by atoms with E-state index in [2.05, 4.69) is 13.8 Å². The Hall–Kier alpha value is -0.0400. The van der Waals surface area contributed by atoms with Crippen molar-refractivity contribution in [1.82, 2.24) is 0 Å². The molecule has 0 N–H and O–H groups in total. The summed E-state index contributed by atoms with van der Waals surface area (Å²) in [5, 5.41) is 0. The molecule has 2 fully saturated rings. The second-order valence-corrected chi connectivity index (χ2v) is 4.54. The maximum absolute atomic E-state index is 5.43. The summed E-state index contributed by atoms with van der Waals surface area (Å²) < 4.78 is 5.43. The Balaban J connectivity index is 1.81. The molecular formula is C10H18O. The Morgan fingerprint density at radius 3 is 2.55 bits per heavy atom. The van der Waals surface area contributed by atoms with Crippen LogP contribution in [0.3, 0.4) is 0 Å². The van der Waals surface area contributed by atoms with Crippen LogP contribution < -0.4 is 0 Å². The van der Waals surface area contributed by atoms with Crippen molar-refractivity contribution in [3.05, 3.63) is 0 Å². The molecule has 1 saturated carbocycles. The van der Waals surface area contributed by atoms with Gasteiger partial charge in [0.2, 0.25) is 0 Å². The van der Waals surface area contributed by atoms with Crippen molar-refractivity contribution >= 4 is 0 Å². The van der Waals surface area contributed by atoms with Crippen LogP contribution >= 0.6 is 0 Å². The molecule has 2 atom stereocenters. The van der Waals surface area contributed by atoms with E-state index in [1.54, 1.807) is 0 Å². The first-order chi connectivity index (χ1) is 5.23. The minimum Gasteiger partial charge on any atom is -0.370 e. The van der Waals surface area contributed by atoms with Crippen molar-refractivity contribution in [3.8, 4) is 0 Å². The summed E-state index contributed by atoms with van der Waals surface area (Å²) in [7, 11) is 0. The van der Waals surface area contributed by atoms with Crippen molar-refractivity contribution in [2.75, 3.05) is 0 Å². The van der Waals surface area contributed by atoms with Crippen LogP contribution in [0.25, 0.3) is 0 Å². The van der Waals surface area contributed by atoms with E-state index in [4.69, 9.17) is 4.74 Å². The summed E-state index contributed by atoms with van der Waals surface area (Å²) >= 11 is 0. The molecule has 2 aliphatic rings. The molecule has 0 bridgehead atoms. The zero-order valence-corrected chi connectivity index (χ0v) is 7.60. The summed E-state index contributed by atoms with van der Waals surface area (Å²) in [5.74, 6) is 0. The zero-order chi connectivity index (χ0) is 7.90. The van der Waals surface area contributed by atoms with Crippen molar-refractivity contribution < 1.29 is 4.74 Å². The molecule has 2 rings (SSSR count). The summed E-state index contributed by atoms with van der Waals surface area (Å²) in [6.45, 7) is 4.70. The SMILES string of the molecule is CCCCC1(C)CC2OC2C1. The lowest BCUT2D eigenvalue weighted by Gasteiger charge is -2.24. The minimum atomic E-state index is 0.642. The molecule has 0 radical (unpaired) electrons. The number of unbranched alkanes of at least 4 members (excludes halogenated alkanes) is 1. The van der Waals surface area contributed by atoms with Gasteiger partial charge in [-0.1, -0.05) is 26.7 Å². The second-order valence-electron chi connectivity index (χ2n) is 4.54. The van der Waals surface area contributed by atoms with Crippen molar-refractivity contribution in [3.63, 3.8) is 0 Å². The average molecular weight is 154 g/mol. The monoisotopic (exact) mass is 154 g/mol. The van der Waals surface area contributed by atoms with Gasteiger partial charge in [0.15, 0.2) is 0 Å². The third-order valence-corrected chi connectivity index (χ3v) is 3.21. The highest BCUT2D eigenvalue weighted by Gasteiger charge is 2.52. The van der Waals surface area contributed by atoms with Crippen LogP contribution in [-0.2, 0) is 4.74 Å². The fourth-order valence-electron chi connectivity index (χ4n) is 2.40. The molecule has 1 nitrogen and oxygen atoms in total. The summed E-state index contributed by atoms with van der Waals surface area (Å²) in [6.07, 6.45) is 8.14. The topological polar surface area (TPSA) is 12.5 Å². The van der Waals surface area contributed by atoms with E-state index >= 15 is 0 Å². The molecule has 11 heavy (non-hydrogen) atoms. The number of fused-ring (bicyclic) bond motifs is 1. The third kappa shape index (κ3) is 1.44. The van der Waals surface area contributed by atoms with E-state index in [1.165, 1.54) is 32.1 Å². The highest BCUT2D eigenvalue weighted by Crippen LogP contribution is 2.51. The Kier molecular flexibility index (Phi) is 1.71. The van der Waals surface area contributed by atoms with E-state index in [1.807, 2.05) is 0 Å². The van der Waals surface area contributed by atoms with Crippen LogP contribution in [0.4, 0.5) is 0 Å². The van der Waals surface area contributed by atoms with Gasteiger partial charge in [-0.3, -0.25) is 0 Å². The lowest BCUT2D eigenvalue weighted by atomic mass is 9.83. The highest BCUT2D eigenvalue weighted by atomic mass is 16.6. The molecule has 0 spiro atoms. The Bertz CT molecular complexity index is 143. The van der Waals surface area contributed by atoms with Crippen LogP contribution in [0.2, 0.25) is 0 Å². The van der Waals surface area contributed by atoms with Crippen LogP contribution in [0, 0.1) is 5.41 Å². The van der Waals surface area contributed by atoms with Crippen LogP contribution in [0.5, 0.6) is 0 Å². The molecule has 1 heteroatoms. The maximum atomic E-state index is 5.43. The first-order valence-corrected chi connectivity index (χ1v) is 4.89. The van der Waals surface area contributed by atoms with Gasteiger partial charge in [-0.2, -0.15) is 0 Å². The van der Waals surface area contributed by atoms with Crippen molar-refractivity contribution in [2.45, 2.75) is 58.2 Å². The Morgan fingerprint density at radius 2 is 2.00 bits per heavy atom. The minimum absolute atomic E-state index is 0.642. The molecular weight excluding hydrogens is 136 g/mol. The van der Waals surface area contributed by atoms with Gasteiger partial charge in [0, 0.05) is 0 Å². The Morgan fingerprint density at radius 1 is 1.36 bits per heavy atom. The molecule has 64 valence electrons. The van der Waals surface area contributed by atoms with Gasteiger partial charge < -0.3 is 4.74 Å². The van der Waals surface area contributed by atoms with E-state index in [0.29, 0.717) is 17.6 Å². The first-order valence-electron chi connectivity index (χ1n) is 4.89. The zero-order valence-electron chi connectivity index (χ0n) is 7.60. The van der Waals surface area contributed by atoms with Gasteiger partial charge >= 0.3 is 0 Å². The summed E-state index contributed by atoms with van der Waals surface area (Å²) in [5.41, 5.74) is 0.642. The summed E-state index contributed by atoms with van der Waals surface area (Å²) in [4.78, 5) is 0. The number of hydrogen-bond donors (Lipinski definition) is 0. The summed E-state index contributed by atoms with van der Waals surface area (Å²) in [6, 6.07) is 0. The molecule has 2 unspecified atom stereocenters. The molecule has 1 aliphatic heterocycles. The lowest BCUT2D eigenvalue weighted by molar-refractivity contribution is 0.178. The largest absolute Gasteiger partial charge is 0.370 e. The maximum Gasteiger partial charge on any atom is 0.0847 e. The number of ether oxygens (including phenoxy) is 1. The molecule has 1 saturated heterocycles. The number of hydrogen-bond acceptors (Lipinski definition) is 1. The number of rotatable bonds is 3. The van der Waals surface area contributed by atoms with E-state index in [-0.39, 0.29) is 0 Å². The first kappa shape index (κ1) is 7.60. The van der Waals surface area contributed by atoms with Crippen LogP contribution in [0.15, 0.2) is 0 Å².